The minimum atomic E-state index is 0.239. The third-order valence-corrected chi connectivity index (χ3v) is 3.87. The number of methoxy groups -OCH3 is 1. The van der Waals surface area contributed by atoms with Gasteiger partial charge in [-0.05, 0) is 36.4 Å². The van der Waals surface area contributed by atoms with Crippen LogP contribution < -0.4 is 14.2 Å². The van der Waals surface area contributed by atoms with Crippen LogP contribution in [0.2, 0.25) is 5.15 Å². The topological polar surface area (TPSA) is 53.5 Å². The van der Waals surface area contributed by atoms with Gasteiger partial charge in [0.1, 0.15) is 11.4 Å². The van der Waals surface area contributed by atoms with Gasteiger partial charge in [0.15, 0.2) is 16.7 Å². The molecule has 0 aliphatic carbocycles. The molecule has 0 saturated carbocycles. The number of hydrogen-bond donors (Lipinski definition) is 0. The van der Waals surface area contributed by atoms with Gasteiger partial charge in [0, 0.05) is 16.3 Å². The Balaban J connectivity index is 1.93. The van der Waals surface area contributed by atoms with E-state index in [4.69, 9.17) is 25.8 Å². The van der Waals surface area contributed by atoms with Gasteiger partial charge in [-0.1, -0.05) is 11.6 Å². The Morgan fingerprint density at radius 2 is 1.86 bits per heavy atom. The van der Waals surface area contributed by atoms with E-state index < -0.39 is 0 Å². The van der Waals surface area contributed by atoms with Gasteiger partial charge in [-0.15, -0.1) is 10.2 Å². The van der Waals surface area contributed by atoms with E-state index in [1.54, 1.807) is 7.11 Å². The standard InChI is InChI=1S/C16H11ClN2O3/c1-20-10-3-4-11-12(7-10)16(17)19-18-15(11)9-2-5-13-14(6-9)22-8-21-13/h2-7H,8H2,1H3. The Morgan fingerprint density at radius 3 is 2.73 bits per heavy atom. The molecule has 6 heteroatoms. The van der Waals surface area contributed by atoms with E-state index in [9.17, 15) is 0 Å². The van der Waals surface area contributed by atoms with Crippen molar-refractivity contribution in [3.8, 4) is 28.5 Å². The first-order valence-corrected chi connectivity index (χ1v) is 7.04. The van der Waals surface area contributed by atoms with Crippen LogP contribution in [0.15, 0.2) is 36.4 Å². The van der Waals surface area contributed by atoms with Crippen LogP contribution >= 0.6 is 11.6 Å². The molecule has 3 aromatic rings. The molecule has 1 aliphatic heterocycles. The van der Waals surface area contributed by atoms with Crippen molar-refractivity contribution in [1.29, 1.82) is 0 Å². The normalized spacial score (nSPS) is 12.6. The number of halogens is 1. The number of ether oxygens (including phenoxy) is 3. The summed E-state index contributed by atoms with van der Waals surface area (Å²) in [5, 5.41) is 10.3. The van der Waals surface area contributed by atoms with Gasteiger partial charge in [-0.2, -0.15) is 0 Å². The maximum absolute atomic E-state index is 6.17. The quantitative estimate of drug-likeness (QED) is 0.722. The first-order chi connectivity index (χ1) is 10.8. The monoisotopic (exact) mass is 314 g/mol. The van der Waals surface area contributed by atoms with E-state index in [-0.39, 0.29) is 6.79 Å². The van der Waals surface area contributed by atoms with Crippen molar-refractivity contribution in [2.24, 2.45) is 0 Å². The number of fused-ring (bicyclic) bond motifs is 2. The fraction of sp³-hybridized carbons (Fsp3) is 0.125. The molecule has 1 aliphatic rings. The Morgan fingerprint density at radius 1 is 1.00 bits per heavy atom. The summed E-state index contributed by atoms with van der Waals surface area (Å²) in [6.07, 6.45) is 0. The fourth-order valence-corrected chi connectivity index (χ4v) is 2.68. The molecule has 0 unspecified atom stereocenters. The smallest absolute Gasteiger partial charge is 0.231 e. The lowest BCUT2D eigenvalue weighted by Gasteiger charge is -2.08. The first kappa shape index (κ1) is 13.2. The molecule has 4 rings (SSSR count). The summed E-state index contributed by atoms with van der Waals surface area (Å²) >= 11 is 6.17. The second-order valence-corrected chi connectivity index (χ2v) is 5.18. The van der Waals surface area contributed by atoms with Gasteiger partial charge in [0.2, 0.25) is 6.79 Å². The molecular formula is C16H11ClN2O3. The average Bonchev–Trinajstić information content (AvgIpc) is 3.02. The number of rotatable bonds is 2. The highest BCUT2D eigenvalue weighted by Crippen LogP contribution is 2.38. The van der Waals surface area contributed by atoms with Gasteiger partial charge in [-0.25, -0.2) is 0 Å². The van der Waals surface area contributed by atoms with E-state index in [1.807, 2.05) is 36.4 Å². The zero-order valence-electron chi connectivity index (χ0n) is 11.7. The number of hydrogen-bond acceptors (Lipinski definition) is 5. The van der Waals surface area contributed by atoms with Crippen molar-refractivity contribution in [3.05, 3.63) is 41.6 Å². The number of nitrogens with zero attached hydrogens (tertiary/aromatic N) is 2. The van der Waals surface area contributed by atoms with Gasteiger partial charge in [0.05, 0.1) is 7.11 Å². The van der Waals surface area contributed by atoms with Crippen LogP contribution in [-0.2, 0) is 0 Å². The van der Waals surface area contributed by atoms with Crippen LogP contribution in [0.1, 0.15) is 0 Å². The van der Waals surface area contributed by atoms with Crippen LogP contribution in [0.4, 0.5) is 0 Å². The zero-order chi connectivity index (χ0) is 15.1. The second-order valence-electron chi connectivity index (χ2n) is 4.82. The molecule has 0 N–H and O–H groups in total. The van der Waals surface area contributed by atoms with E-state index in [1.165, 1.54) is 0 Å². The molecule has 2 heterocycles. The summed E-state index contributed by atoms with van der Waals surface area (Å²) in [6, 6.07) is 11.3. The SMILES string of the molecule is COc1ccc2c(-c3ccc4c(c3)OCO4)nnc(Cl)c2c1. The summed E-state index contributed by atoms with van der Waals surface area (Å²) < 4.78 is 16.0. The van der Waals surface area contributed by atoms with E-state index in [0.717, 1.165) is 33.5 Å². The van der Waals surface area contributed by atoms with E-state index >= 15 is 0 Å². The van der Waals surface area contributed by atoms with Gasteiger partial charge < -0.3 is 14.2 Å². The zero-order valence-corrected chi connectivity index (χ0v) is 12.4. The predicted octanol–water partition coefficient (Wildman–Crippen LogP) is 3.69. The lowest BCUT2D eigenvalue weighted by atomic mass is 10.0. The molecule has 1 aromatic heterocycles. The van der Waals surface area contributed by atoms with Crippen molar-refractivity contribution >= 4 is 22.4 Å². The molecule has 0 atom stereocenters. The molecule has 2 aromatic carbocycles. The summed E-state index contributed by atoms with van der Waals surface area (Å²) in [6.45, 7) is 0.239. The van der Waals surface area contributed by atoms with Crippen molar-refractivity contribution in [2.45, 2.75) is 0 Å². The molecular weight excluding hydrogens is 304 g/mol. The maximum Gasteiger partial charge on any atom is 0.231 e. The Hall–Kier alpha value is -2.53. The Bertz CT molecular complexity index is 883. The molecule has 0 spiro atoms. The van der Waals surface area contributed by atoms with Crippen molar-refractivity contribution in [3.63, 3.8) is 0 Å². The highest BCUT2D eigenvalue weighted by Gasteiger charge is 2.17. The minimum Gasteiger partial charge on any atom is -0.497 e. The van der Waals surface area contributed by atoms with Crippen LogP contribution in [-0.4, -0.2) is 24.1 Å². The highest BCUT2D eigenvalue weighted by atomic mass is 35.5. The number of benzene rings is 2. The Kier molecular flexibility index (Phi) is 3.01. The van der Waals surface area contributed by atoms with Crippen LogP contribution in [0, 0.1) is 0 Å². The minimum absolute atomic E-state index is 0.239. The van der Waals surface area contributed by atoms with Gasteiger partial charge >= 0.3 is 0 Å². The lowest BCUT2D eigenvalue weighted by Crippen LogP contribution is -1.93. The van der Waals surface area contributed by atoms with E-state index in [2.05, 4.69) is 10.2 Å². The third-order valence-electron chi connectivity index (χ3n) is 3.59. The summed E-state index contributed by atoms with van der Waals surface area (Å²) in [7, 11) is 1.61. The van der Waals surface area contributed by atoms with Crippen LogP contribution in [0.25, 0.3) is 22.0 Å². The predicted molar refractivity (Wildman–Crippen MR) is 82.7 cm³/mol. The second kappa shape index (κ2) is 5.03. The Labute approximate surface area is 131 Å². The molecule has 0 fully saturated rings. The number of aromatic nitrogens is 2. The third kappa shape index (κ3) is 2.02. The fourth-order valence-electron chi connectivity index (χ4n) is 2.49. The summed E-state index contributed by atoms with van der Waals surface area (Å²) in [5.41, 5.74) is 1.63. The van der Waals surface area contributed by atoms with E-state index in [0.29, 0.717) is 10.9 Å². The maximum atomic E-state index is 6.17. The summed E-state index contributed by atoms with van der Waals surface area (Å²) in [4.78, 5) is 0. The molecule has 110 valence electrons. The summed E-state index contributed by atoms with van der Waals surface area (Å²) in [5.74, 6) is 2.16. The molecule has 0 radical (unpaired) electrons. The van der Waals surface area contributed by atoms with Gasteiger partial charge in [0.25, 0.3) is 0 Å². The van der Waals surface area contributed by atoms with Crippen LogP contribution in [0.5, 0.6) is 17.2 Å². The molecule has 0 saturated heterocycles. The van der Waals surface area contributed by atoms with Crippen molar-refractivity contribution in [1.82, 2.24) is 10.2 Å². The molecule has 22 heavy (non-hydrogen) atoms. The van der Waals surface area contributed by atoms with Crippen molar-refractivity contribution in [2.75, 3.05) is 13.9 Å². The van der Waals surface area contributed by atoms with Crippen molar-refractivity contribution < 1.29 is 14.2 Å². The molecule has 0 bridgehead atoms. The molecule has 0 amide bonds. The lowest BCUT2D eigenvalue weighted by molar-refractivity contribution is 0.174. The molecule has 5 nitrogen and oxygen atoms in total. The average molecular weight is 315 g/mol. The first-order valence-electron chi connectivity index (χ1n) is 6.66. The van der Waals surface area contributed by atoms with Crippen LogP contribution in [0.3, 0.4) is 0 Å². The highest BCUT2D eigenvalue weighted by molar-refractivity contribution is 6.34. The largest absolute Gasteiger partial charge is 0.497 e. The van der Waals surface area contributed by atoms with Gasteiger partial charge in [-0.3, -0.25) is 0 Å².